The van der Waals surface area contributed by atoms with Gasteiger partial charge in [0.05, 0.1) is 0 Å². The minimum atomic E-state index is 0.115. The van der Waals surface area contributed by atoms with Crippen molar-refractivity contribution < 1.29 is 0 Å². The molecule has 0 radical (unpaired) electrons. The van der Waals surface area contributed by atoms with Crippen LogP contribution in [0.1, 0.15) is 74.1 Å². The molecule has 0 saturated heterocycles. The van der Waals surface area contributed by atoms with Gasteiger partial charge < -0.3 is 0 Å². The third-order valence-corrected chi connectivity index (χ3v) is 8.23. The van der Waals surface area contributed by atoms with Crippen LogP contribution in [-0.2, 0) is 0 Å². The fourth-order valence-corrected chi connectivity index (χ4v) is 7.49. The van der Waals surface area contributed by atoms with Gasteiger partial charge in [0.2, 0.25) is 0 Å². The first kappa shape index (κ1) is 15.5. The fourth-order valence-electron chi connectivity index (χ4n) is 3.54. The van der Waals surface area contributed by atoms with Gasteiger partial charge in [-0.2, -0.15) is 0 Å². The second-order valence-corrected chi connectivity index (χ2v) is 12.0. The van der Waals surface area contributed by atoms with Crippen LogP contribution >= 0.6 is 7.92 Å². The lowest BCUT2D eigenvalue weighted by Crippen LogP contribution is -2.30. The molecule has 1 aliphatic carbocycles. The zero-order valence-corrected chi connectivity index (χ0v) is 14.0. The predicted molar refractivity (Wildman–Crippen MR) is 82.4 cm³/mol. The van der Waals surface area contributed by atoms with Crippen molar-refractivity contribution in [3.8, 4) is 0 Å². The molecule has 0 heterocycles. The summed E-state index contributed by atoms with van der Waals surface area (Å²) in [6, 6.07) is 0. The minimum absolute atomic E-state index is 0.115. The molecule has 1 aliphatic rings. The normalized spacial score (nSPS) is 27.5. The van der Waals surface area contributed by atoms with Crippen LogP contribution in [0.15, 0.2) is 0 Å². The van der Waals surface area contributed by atoms with Crippen LogP contribution in [-0.4, -0.2) is 16.5 Å². The summed E-state index contributed by atoms with van der Waals surface area (Å²) in [4.78, 5) is 0. The van der Waals surface area contributed by atoms with Gasteiger partial charge in [-0.3, -0.25) is 0 Å². The SMILES string of the molecule is CC1CCCC(CP(C(C)(C)C)C(C)(C)C)C1. The molecule has 1 fully saturated rings. The highest BCUT2D eigenvalue weighted by Crippen LogP contribution is 2.61. The van der Waals surface area contributed by atoms with E-state index in [0.717, 1.165) is 11.8 Å². The molecule has 0 nitrogen and oxygen atoms in total. The van der Waals surface area contributed by atoms with Gasteiger partial charge in [0.15, 0.2) is 0 Å². The fraction of sp³-hybridized carbons (Fsp3) is 1.00. The molecule has 1 rings (SSSR count). The quantitative estimate of drug-likeness (QED) is 0.540. The molecule has 0 amide bonds. The molecule has 0 bridgehead atoms. The van der Waals surface area contributed by atoms with Gasteiger partial charge in [0.25, 0.3) is 0 Å². The minimum Gasteiger partial charge on any atom is -0.0954 e. The average molecular weight is 256 g/mol. The van der Waals surface area contributed by atoms with E-state index >= 15 is 0 Å². The molecule has 0 N–H and O–H groups in total. The van der Waals surface area contributed by atoms with Crippen molar-refractivity contribution >= 4 is 7.92 Å². The van der Waals surface area contributed by atoms with Crippen molar-refractivity contribution in [2.75, 3.05) is 6.16 Å². The largest absolute Gasteiger partial charge is 0.0954 e. The highest BCUT2D eigenvalue weighted by atomic mass is 31.1. The Labute approximate surface area is 111 Å². The summed E-state index contributed by atoms with van der Waals surface area (Å²) in [6.07, 6.45) is 7.44. The van der Waals surface area contributed by atoms with Crippen molar-refractivity contribution in [1.29, 1.82) is 0 Å². The van der Waals surface area contributed by atoms with Gasteiger partial charge in [-0.25, -0.2) is 0 Å². The maximum Gasteiger partial charge on any atom is -0.0175 e. The molecule has 0 aromatic carbocycles. The van der Waals surface area contributed by atoms with Crippen LogP contribution < -0.4 is 0 Å². The van der Waals surface area contributed by atoms with E-state index in [4.69, 9.17) is 0 Å². The molecule has 102 valence electrons. The molecule has 0 aromatic rings. The van der Waals surface area contributed by atoms with E-state index in [9.17, 15) is 0 Å². The van der Waals surface area contributed by atoms with Crippen LogP contribution in [0.5, 0.6) is 0 Å². The first-order valence-corrected chi connectivity index (χ1v) is 8.91. The Kier molecular flexibility index (Phi) is 5.10. The first-order valence-electron chi connectivity index (χ1n) is 7.38. The highest BCUT2D eigenvalue weighted by Gasteiger charge is 2.36. The van der Waals surface area contributed by atoms with Crippen LogP contribution in [0.2, 0.25) is 0 Å². The summed E-state index contributed by atoms with van der Waals surface area (Å²) in [7, 11) is 0.115. The smallest absolute Gasteiger partial charge is 0.0175 e. The van der Waals surface area contributed by atoms with Crippen LogP contribution in [0.25, 0.3) is 0 Å². The summed E-state index contributed by atoms with van der Waals surface area (Å²) >= 11 is 0. The first-order chi connectivity index (χ1) is 7.60. The molecule has 0 spiro atoms. The van der Waals surface area contributed by atoms with Crippen molar-refractivity contribution in [2.24, 2.45) is 11.8 Å². The lowest BCUT2D eigenvalue weighted by molar-refractivity contribution is 0.302. The van der Waals surface area contributed by atoms with Gasteiger partial charge in [-0.15, -0.1) is 0 Å². The maximum atomic E-state index is 2.45. The second kappa shape index (κ2) is 5.60. The van der Waals surface area contributed by atoms with Gasteiger partial charge in [0.1, 0.15) is 0 Å². The van der Waals surface area contributed by atoms with Gasteiger partial charge in [0, 0.05) is 0 Å². The Morgan fingerprint density at radius 2 is 1.47 bits per heavy atom. The van der Waals surface area contributed by atoms with Crippen molar-refractivity contribution in [3.05, 3.63) is 0 Å². The molecular formula is C16H33P. The number of hydrogen-bond acceptors (Lipinski definition) is 0. The van der Waals surface area contributed by atoms with E-state index in [2.05, 4.69) is 48.5 Å². The van der Waals surface area contributed by atoms with Gasteiger partial charge in [-0.05, 0) is 34.7 Å². The maximum absolute atomic E-state index is 2.45. The average Bonchev–Trinajstić information content (AvgIpc) is 2.10. The molecule has 2 unspecified atom stereocenters. The van der Waals surface area contributed by atoms with Crippen molar-refractivity contribution in [1.82, 2.24) is 0 Å². The summed E-state index contributed by atoms with van der Waals surface area (Å²) in [6.45, 7) is 17.2. The standard InChI is InChI=1S/C16H33P/c1-13-9-8-10-14(11-13)12-17(15(2,3)4)16(5,6)7/h13-14H,8-12H2,1-7H3. The summed E-state index contributed by atoms with van der Waals surface area (Å²) in [5.41, 5.74) is 0. The van der Waals surface area contributed by atoms with Crippen LogP contribution in [0.3, 0.4) is 0 Å². The van der Waals surface area contributed by atoms with Crippen LogP contribution in [0, 0.1) is 11.8 Å². The Bertz CT molecular complexity index is 217. The van der Waals surface area contributed by atoms with Gasteiger partial charge >= 0.3 is 0 Å². The Hall–Kier alpha value is 0.430. The third kappa shape index (κ3) is 4.90. The topological polar surface area (TPSA) is 0 Å². The van der Waals surface area contributed by atoms with Crippen molar-refractivity contribution in [2.45, 2.75) is 84.5 Å². The summed E-state index contributed by atoms with van der Waals surface area (Å²) in [5, 5.41) is 1.02. The van der Waals surface area contributed by atoms with E-state index in [1.807, 2.05) is 0 Å². The zero-order valence-electron chi connectivity index (χ0n) is 13.1. The summed E-state index contributed by atoms with van der Waals surface area (Å²) < 4.78 is 0. The van der Waals surface area contributed by atoms with E-state index in [1.54, 1.807) is 0 Å². The Morgan fingerprint density at radius 1 is 0.941 bits per heavy atom. The molecule has 1 heteroatoms. The number of rotatable bonds is 2. The van der Waals surface area contributed by atoms with Gasteiger partial charge in [-0.1, -0.05) is 75.7 Å². The number of hydrogen-bond donors (Lipinski definition) is 0. The van der Waals surface area contributed by atoms with E-state index in [0.29, 0.717) is 10.3 Å². The second-order valence-electron chi connectivity index (χ2n) is 8.09. The molecule has 0 aromatic heterocycles. The Morgan fingerprint density at radius 3 is 1.88 bits per heavy atom. The highest BCUT2D eigenvalue weighted by molar-refractivity contribution is 7.60. The third-order valence-electron chi connectivity index (χ3n) is 4.11. The zero-order chi connectivity index (χ0) is 13.3. The van der Waals surface area contributed by atoms with E-state index < -0.39 is 0 Å². The molecule has 1 saturated carbocycles. The molecular weight excluding hydrogens is 223 g/mol. The Balaban J connectivity index is 2.67. The lowest BCUT2D eigenvalue weighted by atomic mass is 9.83. The molecule has 0 aliphatic heterocycles. The van der Waals surface area contributed by atoms with Crippen LogP contribution in [0.4, 0.5) is 0 Å². The monoisotopic (exact) mass is 256 g/mol. The lowest BCUT2D eigenvalue weighted by Gasteiger charge is -2.44. The predicted octanol–water partition coefficient (Wildman–Crippen LogP) is 5.89. The van der Waals surface area contributed by atoms with E-state index in [-0.39, 0.29) is 7.92 Å². The molecule has 17 heavy (non-hydrogen) atoms. The van der Waals surface area contributed by atoms with E-state index in [1.165, 1.54) is 31.8 Å². The van der Waals surface area contributed by atoms with Crippen molar-refractivity contribution in [3.63, 3.8) is 0 Å². The molecule has 2 atom stereocenters. The summed E-state index contributed by atoms with van der Waals surface area (Å²) in [5.74, 6) is 1.99.